The highest BCUT2D eigenvalue weighted by atomic mass is 32.2. The largest absolute Gasteiger partial charge is 0.484 e. The van der Waals surface area contributed by atoms with E-state index in [1.165, 1.54) is 41.3 Å². The molecule has 2 amide bonds. The molecular weight excluding hydrogens is 597 g/mol. The Kier molecular flexibility index (Phi) is 10.4. The number of nitrogens with one attached hydrogen (secondary N) is 2. The summed E-state index contributed by atoms with van der Waals surface area (Å²) in [5.41, 5.74) is 1.70. The van der Waals surface area contributed by atoms with Crippen molar-refractivity contribution < 1.29 is 31.9 Å². The number of sulfonamides is 1. The third-order valence-electron chi connectivity index (χ3n) is 7.31. The van der Waals surface area contributed by atoms with Crippen molar-refractivity contribution in [3.8, 4) is 5.75 Å². The number of benzene rings is 4. The van der Waals surface area contributed by atoms with Crippen molar-refractivity contribution in [2.75, 3.05) is 24.5 Å². The standard InChI is InChI=1S/C34H34FN3O6S/c35-27-13-15-28(16-14-27)37-45(41,42)31-19-17-29(18-20-31)44-24-32(39)38(23-25-8-3-1-4-9-25)33(26-10-5-2-6-11-26)34(40)36-22-30-12-7-21-43-30/h1-6,8-11,13-20,30,33,37H,7,12,21-24H2,(H,36,40)/t30-,33+/m1/s1. The maximum atomic E-state index is 13.8. The van der Waals surface area contributed by atoms with Crippen LogP contribution < -0.4 is 14.8 Å². The zero-order chi connectivity index (χ0) is 31.6. The van der Waals surface area contributed by atoms with Crippen molar-refractivity contribution in [3.05, 3.63) is 126 Å². The van der Waals surface area contributed by atoms with E-state index in [0.29, 0.717) is 18.7 Å². The van der Waals surface area contributed by atoms with Gasteiger partial charge in [0.2, 0.25) is 5.91 Å². The highest BCUT2D eigenvalue weighted by Crippen LogP contribution is 2.25. The molecule has 1 aliphatic heterocycles. The number of hydrogen-bond acceptors (Lipinski definition) is 6. The topological polar surface area (TPSA) is 114 Å². The van der Waals surface area contributed by atoms with Gasteiger partial charge >= 0.3 is 0 Å². The summed E-state index contributed by atoms with van der Waals surface area (Å²) in [4.78, 5) is 29.0. The number of carbonyl (C=O) groups excluding carboxylic acids is 2. The lowest BCUT2D eigenvalue weighted by Gasteiger charge is -2.32. The van der Waals surface area contributed by atoms with Crippen LogP contribution in [0.1, 0.15) is 30.0 Å². The SMILES string of the molecule is O=C(NC[C@H]1CCCO1)[C@H](c1ccccc1)N(Cc1ccccc1)C(=O)COc1ccc(S(=O)(=O)Nc2ccc(F)cc2)cc1. The van der Waals surface area contributed by atoms with E-state index in [-0.39, 0.29) is 34.9 Å². The van der Waals surface area contributed by atoms with E-state index in [4.69, 9.17) is 9.47 Å². The van der Waals surface area contributed by atoms with Gasteiger partial charge in [0.15, 0.2) is 6.61 Å². The minimum Gasteiger partial charge on any atom is -0.484 e. The minimum absolute atomic E-state index is 0.0386. The molecule has 2 N–H and O–H groups in total. The van der Waals surface area contributed by atoms with Gasteiger partial charge in [-0.3, -0.25) is 14.3 Å². The zero-order valence-electron chi connectivity index (χ0n) is 24.5. The number of hydrogen-bond donors (Lipinski definition) is 2. The normalized spacial score (nSPS) is 15.2. The van der Waals surface area contributed by atoms with Crippen LogP contribution in [-0.4, -0.2) is 51.0 Å². The van der Waals surface area contributed by atoms with E-state index in [1.54, 1.807) is 0 Å². The lowest BCUT2D eigenvalue weighted by Crippen LogP contribution is -2.46. The molecule has 1 heterocycles. The van der Waals surface area contributed by atoms with E-state index in [2.05, 4.69) is 10.0 Å². The van der Waals surface area contributed by atoms with Gasteiger partial charge in [0.05, 0.1) is 11.0 Å². The first-order chi connectivity index (χ1) is 21.8. The molecule has 11 heteroatoms. The van der Waals surface area contributed by atoms with Crippen molar-refractivity contribution in [2.24, 2.45) is 0 Å². The number of rotatable bonds is 13. The second-order valence-corrected chi connectivity index (χ2v) is 12.3. The monoisotopic (exact) mass is 631 g/mol. The van der Waals surface area contributed by atoms with Crippen molar-refractivity contribution >= 4 is 27.5 Å². The molecule has 0 spiro atoms. The molecular formula is C34H34FN3O6S. The van der Waals surface area contributed by atoms with Crippen LogP contribution >= 0.6 is 0 Å². The van der Waals surface area contributed by atoms with Gasteiger partial charge in [-0.25, -0.2) is 12.8 Å². The fourth-order valence-electron chi connectivity index (χ4n) is 5.00. The van der Waals surface area contributed by atoms with Crippen LogP contribution in [0.5, 0.6) is 5.75 Å². The summed E-state index contributed by atoms with van der Waals surface area (Å²) in [5.74, 6) is -0.979. The summed E-state index contributed by atoms with van der Waals surface area (Å²) in [6.45, 7) is 0.769. The molecule has 234 valence electrons. The van der Waals surface area contributed by atoms with Gasteiger partial charge in [0, 0.05) is 25.4 Å². The van der Waals surface area contributed by atoms with Crippen molar-refractivity contribution in [1.82, 2.24) is 10.2 Å². The smallest absolute Gasteiger partial charge is 0.261 e. The molecule has 0 bridgehead atoms. The lowest BCUT2D eigenvalue weighted by molar-refractivity contribution is -0.143. The van der Waals surface area contributed by atoms with E-state index >= 15 is 0 Å². The van der Waals surface area contributed by atoms with Crippen LogP contribution in [0.4, 0.5) is 10.1 Å². The predicted octanol–water partition coefficient (Wildman–Crippen LogP) is 5.07. The number of carbonyl (C=O) groups is 2. The molecule has 45 heavy (non-hydrogen) atoms. The van der Waals surface area contributed by atoms with Crippen molar-refractivity contribution in [2.45, 2.75) is 36.4 Å². The molecule has 9 nitrogen and oxygen atoms in total. The fraction of sp³-hybridized carbons (Fsp3) is 0.235. The van der Waals surface area contributed by atoms with Crippen LogP contribution in [0.25, 0.3) is 0 Å². The average Bonchev–Trinajstić information content (AvgIpc) is 3.58. The molecule has 0 aliphatic carbocycles. The summed E-state index contributed by atoms with van der Waals surface area (Å²) in [6.07, 6.45) is 1.74. The number of halogens is 1. The first-order valence-corrected chi connectivity index (χ1v) is 16.1. The van der Waals surface area contributed by atoms with Crippen LogP contribution in [0.15, 0.2) is 114 Å². The molecule has 0 saturated carbocycles. The zero-order valence-corrected chi connectivity index (χ0v) is 25.3. The second kappa shape index (κ2) is 14.8. The van der Waals surface area contributed by atoms with Crippen molar-refractivity contribution in [3.63, 3.8) is 0 Å². The van der Waals surface area contributed by atoms with Gasteiger partial charge in [-0.1, -0.05) is 60.7 Å². The number of amides is 2. The first-order valence-electron chi connectivity index (χ1n) is 14.6. The van der Waals surface area contributed by atoms with Crippen LogP contribution in [-0.2, 0) is 30.9 Å². The summed E-state index contributed by atoms with van der Waals surface area (Å²) in [6, 6.07) is 28.1. The summed E-state index contributed by atoms with van der Waals surface area (Å²) < 4.78 is 52.6. The highest BCUT2D eigenvalue weighted by molar-refractivity contribution is 7.92. The molecule has 1 aliphatic rings. The van der Waals surface area contributed by atoms with Crippen LogP contribution in [0.3, 0.4) is 0 Å². The van der Waals surface area contributed by atoms with Gasteiger partial charge in [-0.2, -0.15) is 0 Å². The Morgan fingerprint density at radius 3 is 2.22 bits per heavy atom. The average molecular weight is 632 g/mol. The van der Waals surface area contributed by atoms with Crippen LogP contribution in [0.2, 0.25) is 0 Å². The first kappa shape index (κ1) is 31.7. The Labute approximate surface area is 262 Å². The summed E-state index contributed by atoms with van der Waals surface area (Å²) in [7, 11) is -3.94. The third kappa shape index (κ3) is 8.68. The van der Waals surface area contributed by atoms with Gasteiger partial charge < -0.3 is 19.7 Å². The highest BCUT2D eigenvalue weighted by Gasteiger charge is 2.32. The van der Waals surface area contributed by atoms with Gasteiger partial charge in [-0.15, -0.1) is 0 Å². The Morgan fingerprint density at radius 2 is 1.58 bits per heavy atom. The quantitative estimate of drug-likeness (QED) is 0.213. The predicted molar refractivity (Wildman–Crippen MR) is 167 cm³/mol. The summed E-state index contributed by atoms with van der Waals surface area (Å²) in [5, 5.41) is 2.98. The Morgan fingerprint density at radius 1 is 0.911 bits per heavy atom. The van der Waals surface area contributed by atoms with Crippen molar-refractivity contribution in [1.29, 1.82) is 0 Å². The van der Waals surface area contributed by atoms with Crippen LogP contribution in [0, 0.1) is 5.82 Å². The maximum absolute atomic E-state index is 13.8. The number of anilines is 1. The van der Waals surface area contributed by atoms with Gasteiger partial charge in [0.25, 0.3) is 15.9 Å². The van der Waals surface area contributed by atoms with E-state index in [0.717, 1.165) is 30.5 Å². The third-order valence-corrected chi connectivity index (χ3v) is 8.71. The minimum atomic E-state index is -3.94. The lowest BCUT2D eigenvalue weighted by atomic mass is 10.0. The van der Waals surface area contributed by atoms with Gasteiger partial charge in [-0.05, 0) is 72.5 Å². The van der Waals surface area contributed by atoms with Gasteiger partial charge in [0.1, 0.15) is 17.6 Å². The van der Waals surface area contributed by atoms with E-state index in [9.17, 15) is 22.4 Å². The molecule has 0 radical (unpaired) electrons. The molecule has 4 aromatic carbocycles. The molecule has 2 atom stereocenters. The molecule has 4 aromatic rings. The Hall–Kier alpha value is -4.74. The Bertz CT molecular complexity index is 1670. The van der Waals surface area contributed by atoms with E-state index < -0.39 is 34.4 Å². The second-order valence-electron chi connectivity index (χ2n) is 10.6. The maximum Gasteiger partial charge on any atom is 0.261 e. The molecule has 1 fully saturated rings. The Balaban J connectivity index is 1.32. The summed E-state index contributed by atoms with van der Waals surface area (Å²) >= 11 is 0. The van der Waals surface area contributed by atoms with E-state index in [1.807, 2.05) is 60.7 Å². The molecule has 5 rings (SSSR count). The number of ether oxygens (including phenoxy) is 2. The molecule has 1 saturated heterocycles. The fourth-order valence-corrected chi connectivity index (χ4v) is 6.06. The molecule has 0 unspecified atom stereocenters. The molecule has 0 aromatic heterocycles. The number of nitrogens with zero attached hydrogens (tertiary/aromatic N) is 1.